The van der Waals surface area contributed by atoms with Gasteiger partial charge in [0.1, 0.15) is 11.5 Å². The molecule has 1 heterocycles. The Balaban J connectivity index is 2.15. The van der Waals surface area contributed by atoms with E-state index in [0.717, 1.165) is 11.5 Å². The summed E-state index contributed by atoms with van der Waals surface area (Å²) in [6.07, 6.45) is 0. The predicted octanol–water partition coefficient (Wildman–Crippen LogP) is 3.85. The predicted molar refractivity (Wildman–Crippen MR) is 55.6 cm³/mol. The summed E-state index contributed by atoms with van der Waals surface area (Å²) in [6.45, 7) is 2.06. The van der Waals surface area contributed by atoms with Gasteiger partial charge in [-0.15, -0.1) is 11.3 Å². The van der Waals surface area contributed by atoms with Gasteiger partial charge in [-0.1, -0.05) is 17.7 Å². The standard InChI is InChI=1S/C11H10OS/c1-9-2-4-10(5-3-9)12-11-6-7-13-8-11/h2-8H,1H3. The summed E-state index contributed by atoms with van der Waals surface area (Å²) in [6, 6.07) is 10.0. The molecule has 1 aromatic heterocycles. The van der Waals surface area contributed by atoms with Crippen molar-refractivity contribution in [3.05, 3.63) is 46.7 Å². The van der Waals surface area contributed by atoms with Gasteiger partial charge in [0.05, 0.1) is 0 Å². The van der Waals surface area contributed by atoms with Crippen molar-refractivity contribution in [2.24, 2.45) is 0 Å². The summed E-state index contributed by atoms with van der Waals surface area (Å²) >= 11 is 1.64. The minimum absolute atomic E-state index is 0.893. The van der Waals surface area contributed by atoms with Crippen LogP contribution in [0.3, 0.4) is 0 Å². The van der Waals surface area contributed by atoms with E-state index in [4.69, 9.17) is 4.74 Å². The molecule has 0 aliphatic rings. The largest absolute Gasteiger partial charge is 0.457 e. The van der Waals surface area contributed by atoms with E-state index in [1.54, 1.807) is 11.3 Å². The second-order valence-corrected chi connectivity index (χ2v) is 3.65. The first-order chi connectivity index (χ1) is 6.34. The quantitative estimate of drug-likeness (QED) is 0.699. The molecule has 0 N–H and O–H groups in total. The van der Waals surface area contributed by atoms with E-state index in [0.29, 0.717) is 0 Å². The Hall–Kier alpha value is -1.28. The molecule has 1 aromatic carbocycles. The number of benzene rings is 1. The van der Waals surface area contributed by atoms with E-state index < -0.39 is 0 Å². The van der Waals surface area contributed by atoms with E-state index in [9.17, 15) is 0 Å². The van der Waals surface area contributed by atoms with Gasteiger partial charge in [0.15, 0.2) is 0 Å². The van der Waals surface area contributed by atoms with Crippen molar-refractivity contribution in [1.29, 1.82) is 0 Å². The number of rotatable bonds is 2. The molecule has 0 atom stereocenters. The molecule has 0 radical (unpaired) electrons. The van der Waals surface area contributed by atoms with Gasteiger partial charge in [-0.05, 0) is 30.5 Å². The number of ether oxygens (including phenoxy) is 1. The molecular formula is C11H10OS. The third-order valence-corrected chi connectivity index (χ3v) is 2.41. The molecule has 0 amide bonds. The van der Waals surface area contributed by atoms with Gasteiger partial charge < -0.3 is 4.74 Å². The van der Waals surface area contributed by atoms with E-state index in [-0.39, 0.29) is 0 Å². The van der Waals surface area contributed by atoms with Crippen molar-refractivity contribution in [1.82, 2.24) is 0 Å². The SMILES string of the molecule is Cc1ccc(Oc2ccsc2)cc1. The average Bonchev–Trinajstić information content (AvgIpc) is 2.62. The van der Waals surface area contributed by atoms with Crippen LogP contribution in [-0.4, -0.2) is 0 Å². The van der Waals surface area contributed by atoms with Gasteiger partial charge >= 0.3 is 0 Å². The molecule has 66 valence electrons. The van der Waals surface area contributed by atoms with Gasteiger partial charge in [-0.3, -0.25) is 0 Å². The van der Waals surface area contributed by atoms with Crippen LogP contribution in [0.25, 0.3) is 0 Å². The van der Waals surface area contributed by atoms with Crippen LogP contribution < -0.4 is 4.74 Å². The number of hydrogen-bond donors (Lipinski definition) is 0. The molecule has 2 rings (SSSR count). The normalized spacial score (nSPS) is 9.92. The summed E-state index contributed by atoms with van der Waals surface area (Å²) in [5, 5.41) is 3.99. The lowest BCUT2D eigenvalue weighted by Crippen LogP contribution is -1.80. The smallest absolute Gasteiger partial charge is 0.138 e. The molecule has 0 unspecified atom stereocenters. The summed E-state index contributed by atoms with van der Waals surface area (Å²) < 4.78 is 5.58. The summed E-state index contributed by atoms with van der Waals surface area (Å²) in [5.41, 5.74) is 1.25. The fourth-order valence-electron chi connectivity index (χ4n) is 1.05. The van der Waals surface area contributed by atoms with Crippen LogP contribution in [0.5, 0.6) is 11.5 Å². The van der Waals surface area contributed by atoms with Crippen molar-refractivity contribution in [2.45, 2.75) is 6.92 Å². The second-order valence-electron chi connectivity index (χ2n) is 2.87. The van der Waals surface area contributed by atoms with E-state index >= 15 is 0 Å². The molecular weight excluding hydrogens is 180 g/mol. The number of hydrogen-bond acceptors (Lipinski definition) is 2. The zero-order valence-electron chi connectivity index (χ0n) is 7.36. The lowest BCUT2D eigenvalue weighted by Gasteiger charge is -2.02. The summed E-state index contributed by atoms with van der Waals surface area (Å²) in [4.78, 5) is 0. The number of thiophene rings is 1. The first-order valence-electron chi connectivity index (χ1n) is 4.11. The second kappa shape index (κ2) is 3.62. The molecule has 1 nitrogen and oxygen atoms in total. The highest BCUT2D eigenvalue weighted by molar-refractivity contribution is 7.08. The molecule has 13 heavy (non-hydrogen) atoms. The minimum Gasteiger partial charge on any atom is -0.457 e. The van der Waals surface area contributed by atoms with Gasteiger partial charge in [0.25, 0.3) is 0 Å². The molecule has 0 aliphatic carbocycles. The van der Waals surface area contributed by atoms with Crippen molar-refractivity contribution in [2.75, 3.05) is 0 Å². The number of aryl methyl sites for hydroxylation is 1. The summed E-state index contributed by atoms with van der Waals surface area (Å²) in [5.74, 6) is 1.80. The Morgan fingerprint density at radius 1 is 1.00 bits per heavy atom. The molecule has 0 fully saturated rings. The fourth-order valence-corrected chi connectivity index (χ4v) is 1.60. The van der Waals surface area contributed by atoms with Crippen LogP contribution >= 0.6 is 11.3 Å². The van der Waals surface area contributed by atoms with Crippen molar-refractivity contribution in [3.8, 4) is 11.5 Å². The Morgan fingerprint density at radius 3 is 2.38 bits per heavy atom. The highest BCUT2D eigenvalue weighted by Crippen LogP contribution is 2.23. The minimum atomic E-state index is 0.893. The van der Waals surface area contributed by atoms with Gasteiger partial charge in [-0.2, -0.15) is 0 Å². The first kappa shape index (κ1) is 8.32. The van der Waals surface area contributed by atoms with Gasteiger partial charge in [0.2, 0.25) is 0 Å². The van der Waals surface area contributed by atoms with Crippen LogP contribution in [0.2, 0.25) is 0 Å². The lowest BCUT2D eigenvalue weighted by atomic mass is 10.2. The Labute approximate surface area is 81.6 Å². The first-order valence-corrected chi connectivity index (χ1v) is 5.05. The Bertz CT molecular complexity index is 361. The van der Waals surface area contributed by atoms with Crippen LogP contribution in [0, 0.1) is 6.92 Å². The van der Waals surface area contributed by atoms with Crippen LogP contribution in [-0.2, 0) is 0 Å². The van der Waals surface area contributed by atoms with Crippen LogP contribution in [0.15, 0.2) is 41.1 Å². The zero-order chi connectivity index (χ0) is 9.10. The Kier molecular flexibility index (Phi) is 2.32. The molecule has 0 aliphatic heterocycles. The van der Waals surface area contributed by atoms with Crippen molar-refractivity contribution < 1.29 is 4.74 Å². The maximum atomic E-state index is 5.58. The topological polar surface area (TPSA) is 9.23 Å². The fraction of sp³-hybridized carbons (Fsp3) is 0.0909. The monoisotopic (exact) mass is 190 g/mol. The highest BCUT2D eigenvalue weighted by Gasteiger charge is 1.95. The van der Waals surface area contributed by atoms with Crippen molar-refractivity contribution in [3.63, 3.8) is 0 Å². The lowest BCUT2D eigenvalue weighted by molar-refractivity contribution is 0.485. The maximum absolute atomic E-state index is 5.58. The average molecular weight is 190 g/mol. The van der Waals surface area contributed by atoms with E-state index in [2.05, 4.69) is 6.92 Å². The molecule has 0 saturated heterocycles. The van der Waals surface area contributed by atoms with Gasteiger partial charge in [0, 0.05) is 5.38 Å². The Morgan fingerprint density at radius 2 is 1.77 bits per heavy atom. The molecule has 2 aromatic rings. The van der Waals surface area contributed by atoms with Crippen LogP contribution in [0.1, 0.15) is 5.56 Å². The molecule has 0 bridgehead atoms. The van der Waals surface area contributed by atoms with Gasteiger partial charge in [-0.25, -0.2) is 0 Å². The highest BCUT2D eigenvalue weighted by atomic mass is 32.1. The third-order valence-electron chi connectivity index (χ3n) is 1.75. The molecule has 2 heteroatoms. The van der Waals surface area contributed by atoms with E-state index in [1.807, 2.05) is 41.1 Å². The zero-order valence-corrected chi connectivity index (χ0v) is 8.17. The van der Waals surface area contributed by atoms with Crippen molar-refractivity contribution >= 4 is 11.3 Å². The van der Waals surface area contributed by atoms with Crippen LogP contribution in [0.4, 0.5) is 0 Å². The molecule has 0 saturated carbocycles. The summed E-state index contributed by atoms with van der Waals surface area (Å²) in [7, 11) is 0. The van der Waals surface area contributed by atoms with E-state index in [1.165, 1.54) is 5.56 Å². The third kappa shape index (κ3) is 2.10. The maximum Gasteiger partial charge on any atom is 0.138 e. The molecule has 0 spiro atoms.